The molecule has 0 saturated carbocycles. The number of β-amino-alcohol motifs (C(OH)–C–C–N with tert-alkyl or cyclic N) is 1. The average Bonchev–Trinajstić information content (AvgIpc) is 2.93. The Bertz CT molecular complexity index is 582. The highest BCUT2D eigenvalue weighted by molar-refractivity contribution is 7.17. The first-order valence-corrected chi connectivity index (χ1v) is 7.49. The molecule has 19 heavy (non-hydrogen) atoms. The third-order valence-corrected chi connectivity index (χ3v) is 5.15. The lowest BCUT2D eigenvalue weighted by molar-refractivity contribution is 0.0738. The maximum atomic E-state index is 9.86. The van der Waals surface area contributed by atoms with E-state index in [1.165, 1.54) is 15.6 Å². The van der Waals surface area contributed by atoms with Gasteiger partial charge in [0.1, 0.15) is 0 Å². The van der Waals surface area contributed by atoms with Crippen molar-refractivity contribution in [3.8, 4) is 0 Å². The number of hydrogen-bond acceptors (Lipinski definition) is 4. The molecule has 1 aliphatic rings. The van der Waals surface area contributed by atoms with E-state index in [0.717, 1.165) is 6.54 Å². The van der Waals surface area contributed by atoms with E-state index in [1.54, 1.807) is 11.3 Å². The van der Waals surface area contributed by atoms with Crippen molar-refractivity contribution >= 4 is 21.4 Å². The van der Waals surface area contributed by atoms with Gasteiger partial charge in [-0.15, -0.1) is 11.3 Å². The maximum absolute atomic E-state index is 9.86. The Hall–Kier alpha value is -0.940. The Morgan fingerprint density at radius 1 is 1.42 bits per heavy atom. The fourth-order valence-electron chi connectivity index (χ4n) is 2.96. The van der Waals surface area contributed by atoms with Gasteiger partial charge < -0.3 is 10.2 Å². The van der Waals surface area contributed by atoms with E-state index in [0.29, 0.717) is 13.0 Å². The summed E-state index contributed by atoms with van der Waals surface area (Å²) in [4.78, 5) is 2.20. The first-order chi connectivity index (χ1) is 9.12. The predicted octanol–water partition coefficient (Wildman–Crippen LogP) is 2.22. The summed E-state index contributed by atoms with van der Waals surface area (Å²) in [7, 11) is 0. The number of fused-ring (bicyclic) bond motifs is 1. The summed E-state index contributed by atoms with van der Waals surface area (Å²) in [6.07, 6.45) is 0.313. The predicted molar refractivity (Wildman–Crippen MR) is 78.3 cm³/mol. The molecule has 0 bridgehead atoms. The summed E-state index contributed by atoms with van der Waals surface area (Å²) in [5.41, 5.74) is 0.983. The maximum Gasteiger partial charge on any atom is 0.0685 e. The number of rotatable bonds is 3. The summed E-state index contributed by atoms with van der Waals surface area (Å²) in [5.74, 6) is 0. The highest BCUT2D eigenvalue weighted by Gasteiger charge is 2.40. The smallest absolute Gasteiger partial charge is 0.0685 e. The van der Waals surface area contributed by atoms with Crippen molar-refractivity contribution in [2.24, 2.45) is 0 Å². The van der Waals surface area contributed by atoms with Gasteiger partial charge in [-0.3, -0.25) is 4.90 Å². The largest absolute Gasteiger partial charge is 0.394 e. The Balaban J connectivity index is 1.88. The van der Waals surface area contributed by atoms with E-state index in [-0.39, 0.29) is 18.2 Å². The number of likely N-dealkylation sites (tertiary alicyclic amines) is 1. The van der Waals surface area contributed by atoms with E-state index in [1.807, 2.05) is 6.92 Å². The van der Waals surface area contributed by atoms with Crippen LogP contribution < -0.4 is 0 Å². The molecule has 1 aliphatic heterocycles. The average molecular weight is 277 g/mol. The molecule has 1 fully saturated rings. The summed E-state index contributed by atoms with van der Waals surface area (Å²) in [6.45, 7) is 3.54. The zero-order valence-electron chi connectivity index (χ0n) is 11.0. The number of hydrogen-bond donors (Lipinski definition) is 2. The summed E-state index contributed by atoms with van der Waals surface area (Å²) in [6, 6.07) is 8.39. The van der Waals surface area contributed by atoms with Crippen LogP contribution in [0, 0.1) is 0 Å². The van der Waals surface area contributed by atoms with Crippen molar-refractivity contribution in [1.82, 2.24) is 4.90 Å². The van der Waals surface area contributed by atoms with E-state index >= 15 is 0 Å². The lowest BCUT2D eigenvalue weighted by atomic mass is 9.99. The molecule has 1 aromatic carbocycles. The molecule has 2 aromatic rings. The third-order valence-electron chi connectivity index (χ3n) is 4.13. The van der Waals surface area contributed by atoms with Gasteiger partial charge in [-0.25, -0.2) is 0 Å². The van der Waals surface area contributed by atoms with Gasteiger partial charge in [-0.2, -0.15) is 0 Å². The SMILES string of the molecule is CC1(CO)CC(O)CN1Cc1csc2ccccc12. The fraction of sp³-hybridized carbons (Fsp3) is 0.467. The second kappa shape index (κ2) is 4.87. The van der Waals surface area contributed by atoms with Crippen LogP contribution in [0.3, 0.4) is 0 Å². The quantitative estimate of drug-likeness (QED) is 0.904. The topological polar surface area (TPSA) is 43.7 Å². The van der Waals surface area contributed by atoms with E-state index < -0.39 is 0 Å². The van der Waals surface area contributed by atoms with Gasteiger partial charge in [-0.1, -0.05) is 18.2 Å². The van der Waals surface area contributed by atoms with Crippen molar-refractivity contribution in [2.75, 3.05) is 13.2 Å². The summed E-state index contributed by atoms with van der Waals surface area (Å²) >= 11 is 1.75. The Morgan fingerprint density at radius 2 is 2.21 bits per heavy atom. The van der Waals surface area contributed by atoms with Gasteiger partial charge in [-0.05, 0) is 35.7 Å². The molecule has 2 atom stereocenters. The second-order valence-corrected chi connectivity index (χ2v) is 6.56. The van der Waals surface area contributed by atoms with Crippen LogP contribution in [0.15, 0.2) is 29.6 Å². The van der Waals surface area contributed by atoms with Gasteiger partial charge in [0.2, 0.25) is 0 Å². The van der Waals surface area contributed by atoms with Gasteiger partial charge >= 0.3 is 0 Å². The minimum absolute atomic E-state index is 0.0894. The molecule has 0 spiro atoms. The molecule has 1 aromatic heterocycles. The van der Waals surface area contributed by atoms with Gasteiger partial charge in [0.05, 0.1) is 12.7 Å². The molecule has 2 heterocycles. The van der Waals surface area contributed by atoms with Crippen LogP contribution in [0.2, 0.25) is 0 Å². The monoisotopic (exact) mass is 277 g/mol. The molecule has 3 rings (SSSR count). The molecule has 0 radical (unpaired) electrons. The van der Waals surface area contributed by atoms with Crippen LogP contribution in [0.25, 0.3) is 10.1 Å². The number of thiophene rings is 1. The van der Waals surface area contributed by atoms with Crippen LogP contribution in [0.4, 0.5) is 0 Å². The molecule has 2 unspecified atom stereocenters. The summed E-state index contributed by atoms with van der Waals surface area (Å²) < 4.78 is 1.29. The van der Waals surface area contributed by atoms with Crippen LogP contribution in [0.1, 0.15) is 18.9 Å². The van der Waals surface area contributed by atoms with E-state index in [4.69, 9.17) is 0 Å². The minimum Gasteiger partial charge on any atom is -0.394 e. The molecule has 4 heteroatoms. The normalized spacial score (nSPS) is 28.3. The zero-order chi connectivity index (χ0) is 13.5. The Kier molecular flexibility index (Phi) is 3.35. The van der Waals surface area contributed by atoms with Crippen molar-refractivity contribution in [3.05, 3.63) is 35.2 Å². The fourth-order valence-corrected chi connectivity index (χ4v) is 3.91. The van der Waals surface area contributed by atoms with Crippen LogP contribution >= 0.6 is 11.3 Å². The highest BCUT2D eigenvalue weighted by atomic mass is 32.1. The standard InChI is InChI=1S/C15H19NO2S/c1-15(10-17)6-12(18)8-16(15)7-11-9-19-14-5-3-2-4-13(11)14/h2-5,9,12,17-18H,6-8,10H2,1H3. The molecule has 0 amide bonds. The zero-order valence-corrected chi connectivity index (χ0v) is 11.9. The van der Waals surface area contributed by atoms with Gasteiger partial charge in [0, 0.05) is 23.3 Å². The van der Waals surface area contributed by atoms with Crippen LogP contribution in [-0.4, -0.2) is 39.9 Å². The number of aliphatic hydroxyl groups is 2. The second-order valence-electron chi connectivity index (χ2n) is 5.65. The first-order valence-electron chi connectivity index (χ1n) is 6.61. The number of aliphatic hydroxyl groups excluding tert-OH is 2. The van der Waals surface area contributed by atoms with Crippen LogP contribution in [-0.2, 0) is 6.54 Å². The first kappa shape index (κ1) is 13.1. The molecule has 2 N–H and O–H groups in total. The van der Waals surface area contributed by atoms with Crippen molar-refractivity contribution in [1.29, 1.82) is 0 Å². The number of nitrogens with zero attached hydrogens (tertiary/aromatic N) is 1. The molecule has 102 valence electrons. The van der Waals surface area contributed by atoms with E-state index in [9.17, 15) is 10.2 Å². The van der Waals surface area contributed by atoms with Crippen LogP contribution in [0.5, 0.6) is 0 Å². The Morgan fingerprint density at radius 3 is 3.00 bits per heavy atom. The van der Waals surface area contributed by atoms with Crippen molar-refractivity contribution in [2.45, 2.75) is 31.5 Å². The number of benzene rings is 1. The Labute approximate surface area is 117 Å². The van der Waals surface area contributed by atoms with E-state index in [2.05, 4.69) is 34.5 Å². The molecular weight excluding hydrogens is 258 g/mol. The lowest BCUT2D eigenvalue weighted by Gasteiger charge is -2.33. The minimum atomic E-state index is -0.331. The third kappa shape index (κ3) is 2.30. The molecule has 1 saturated heterocycles. The lowest BCUT2D eigenvalue weighted by Crippen LogP contribution is -2.43. The highest BCUT2D eigenvalue weighted by Crippen LogP contribution is 2.33. The molecule has 0 aliphatic carbocycles. The van der Waals surface area contributed by atoms with Gasteiger partial charge in [0.25, 0.3) is 0 Å². The molecular formula is C15H19NO2S. The van der Waals surface area contributed by atoms with Gasteiger partial charge in [0.15, 0.2) is 0 Å². The van der Waals surface area contributed by atoms with Crippen molar-refractivity contribution < 1.29 is 10.2 Å². The molecule has 3 nitrogen and oxygen atoms in total. The van der Waals surface area contributed by atoms with Crippen molar-refractivity contribution in [3.63, 3.8) is 0 Å². The summed E-state index contributed by atoms with van der Waals surface area (Å²) in [5, 5.41) is 22.9.